The summed E-state index contributed by atoms with van der Waals surface area (Å²) in [5, 5.41) is 53.2. The van der Waals surface area contributed by atoms with Crippen LogP contribution in [-0.2, 0) is 4.79 Å². The van der Waals surface area contributed by atoms with Gasteiger partial charge in [-0.05, 0) is 0 Å². The van der Waals surface area contributed by atoms with Crippen molar-refractivity contribution in [3.63, 3.8) is 0 Å². The fraction of sp³-hybridized carbons (Fsp3) is 0.833. The predicted molar refractivity (Wildman–Crippen MR) is 45.0 cm³/mol. The SMILES string of the molecule is NC(O)C(O)C(O)C(N)(O)C(O)C(=O)O. The molecule has 0 spiro atoms. The van der Waals surface area contributed by atoms with Gasteiger partial charge < -0.3 is 36.4 Å². The number of hydrogen-bond acceptors (Lipinski definition) is 8. The van der Waals surface area contributed by atoms with E-state index in [0.717, 1.165) is 0 Å². The Balaban J connectivity index is 4.78. The molecule has 0 saturated carbocycles. The van der Waals surface area contributed by atoms with Crippen LogP contribution in [0.3, 0.4) is 0 Å². The third-order valence-electron chi connectivity index (χ3n) is 1.82. The smallest absolute Gasteiger partial charge is 0.337 e. The van der Waals surface area contributed by atoms with Crippen LogP contribution in [0.2, 0.25) is 0 Å². The lowest BCUT2D eigenvalue weighted by molar-refractivity contribution is -0.201. The summed E-state index contributed by atoms with van der Waals surface area (Å²) in [5.41, 5.74) is 6.61. The Morgan fingerprint density at radius 2 is 1.60 bits per heavy atom. The Hall–Kier alpha value is -0.810. The number of aliphatic carboxylic acids is 1. The average molecular weight is 226 g/mol. The van der Waals surface area contributed by atoms with Crippen molar-refractivity contribution >= 4 is 5.97 Å². The quantitative estimate of drug-likeness (QED) is 0.212. The molecule has 9 heteroatoms. The lowest BCUT2D eigenvalue weighted by atomic mass is 9.95. The first-order valence-corrected chi connectivity index (χ1v) is 3.84. The van der Waals surface area contributed by atoms with Crippen molar-refractivity contribution in [3.8, 4) is 0 Å². The molecule has 0 rings (SSSR count). The molecule has 5 atom stereocenters. The van der Waals surface area contributed by atoms with Gasteiger partial charge in [-0.1, -0.05) is 0 Å². The molecule has 0 heterocycles. The summed E-state index contributed by atoms with van der Waals surface area (Å²) >= 11 is 0. The van der Waals surface area contributed by atoms with Crippen molar-refractivity contribution in [3.05, 3.63) is 0 Å². The highest BCUT2D eigenvalue weighted by atomic mass is 16.4. The molecule has 0 aromatic carbocycles. The second-order valence-corrected chi connectivity index (χ2v) is 3.05. The van der Waals surface area contributed by atoms with E-state index in [9.17, 15) is 9.90 Å². The zero-order valence-electron chi connectivity index (χ0n) is 7.56. The summed E-state index contributed by atoms with van der Waals surface area (Å²) in [7, 11) is 0. The van der Waals surface area contributed by atoms with Gasteiger partial charge in [-0.3, -0.25) is 5.73 Å². The van der Waals surface area contributed by atoms with Crippen LogP contribution in [0.15, 0.2) is 0 Å². The van der Waals surface area contributed by atoms with Gasteiger partial charge in [-0.25, -0.2) is 4.79 Å². The van der Waals surface area contributed by atoms with E-state index < -0.39 is 36.2 Å². The van der Waals surface area contributed by atoms with Crippen LogP contribution in [0.4, 0.5) is 0 Å². The Labute approximate surface area is 84.2 Å². The molecule has 90 valence electrons. The Morgan fingerprint density at radius 1 is 1.20 bits per heavy atom. The third-order valence-corrected chi connectivity index (χ3v) is 1.82. The van der Waals surface area contributed by atoms with Gasteiger partial charge in [0.15, 0.2) is 11.8 Å². The van der Waals surface area contributed by atoms with Crippen molar-refractivity contribution in [2.45, 2.75) is 30.3 Å². The van der Waals surface area contributed by atoms with Gasteiger partial charge in [0.2, 0.25) is 0 Å². The molecule has 0 aliphatic rings. The van der Waals surface area contributed by atoms with Crippen LogP contribution in [0.1, 0.15) is 0 Å². The van der Waals surface area contributed by atoms with E-state index in [2.05, 4.69) is 0 Å². The highest BCUT2D eigenvalue weighted by molar-refractivity contribution is 5.73. The number of hydrogen-bond donors (Lipinski definition) is 8. The minimum atomic E-state index is -3.04. The van der Waals surface area contributed by atoms with Crippen LogP contribution in [-0.4, -0.2) is 66.9 Å². The number of aliphatic hydroxyl groups excluding tert-OH is 4. The number of carboxylic acid groups (broad SMARTS) is 1. The van der Waals surface area contributed by atoms with E-state index >= 15 is 0 Å². The van der Waals surface area contributed by atoms with Crippen molar-refractivity contribution in [2.24, 2.45) is 11.5 Å². The van der Waals surface area contributed by atoms with E-state index in [1.54, 1.807) is 0 Å². The van der Waals surface area contributed by atoms with Crippen LogP contribution in [0.5, 0.6) is 0 Å². The number of nitrogens with two attached hydrogens (primary N) is 2. The largest absolute Gasteiger partial charge is 0.479 e. The zero-order chi connectivity index (χ0) is 12.4. The molecule has 10 N–H and O–H groups in total. The molecule has 15 heavy (non-hydrogen) atoms. The van der Waals surface area contributed by atoms with Gasteiger partial charge in [0.25, 0.3) is 0 Å². The third kappa shape index (κ3) is 3.07. The second kappa shape index (κ2) is 4.81. The first-order chi connectivity index (χ1) is 6.62. The van der Waals surface area contributed by atoms with Gasteiger partial charge in [0.1, 0.15) is 18.4 Å². The maximum absolute atomic E-state index is 10.3. The summed E-state index contributed by atoms with van der Waals surface area (Å²) < 4.78 is 0. The minimum absolute atomic E-state index is 1.90. The first kappa shape index (κ1) is 14.2. The van der Waals surface area contributed by atoms with Crippen LogP contribution in [0, 0.1) is 0 Å². The van der Waals surface area contributed by atoms with Crippen molar-refractivity contribution in [2.75, 3.05) is 0 Å². The fourth-order valence-electron chi connectivity index (χ4n) is 0.820. The van der Waals surface area contributed by atoms with E-state index in [4.69, 9.17) is 37.0 Å². The van der Waals surface area contributed by atoms with Gasteiger partial charge in [0.05, 0.1) is 0 Å². The van der Waals surface area contributed by atoms with Gasteiger partial charge in [-0.2, -0.15) is 0 Å². The lowest BCUT2D eigenvalue weighted by Crippen LogP contribution is -2.67. The van der Waals surface area contributed by atoms with Crippen LogP contribution >= 0.6 is 0 Å². The molecule has 9 nitrogen and oxygen atoms in total. The molecular weight excluding hydrogens is 212 g/mol. The van der Waals surface area contributed by atoms with E-state index in [-0.39, 0.29) is 0 Å². The molecule has 0 fully saturated rings. The van der Waals surface area contributed by atoms with Crippen molar-refractivity contribution in [1.82, 2.24) is 0 Å². The Morgan fingerprint density at radius 3 is 1.87 bits per heavy atom. The topological polar surface area (TPSA) is 190 Å². The predicted octanol–water partition coefficient (Wildman–Crippen LogP) is -4.92. The van der Waals surface area contributed by atoms with E-state index in [0.29, 0.717) is 0 Å². The molecule has 0 bridgehead atoms. The first-order valence-electron chi connectivity index (χ1n) is 3.84. The molecule has 0 aliphatic carbocycles. The molecule has 0 saturated heterocycles. The number of carbonyl (C=O) groups is 1. The van der Waals surface area contributed by atoms with Crippen LogP contribution in [0.25, 0.3) is 0 Å². The highest BCUT2D eigenvalue weighted by Gasteiger charge is 2.47. The Bertz CT molecular complexity index is 232. The maximum atomic E-state index is 10.3. The van der Waals surface area contributed by atoms with Gasteiger partial charge >= 0.3 is 5.97 Å². The Kier molecular flexibility index (Phi) is 4.55. The minimum Gasteiger partial charge on any atom is -0.479 e. The molecule has 0 amide bonds. The molecule has 0 aromatic rings. The van der Waals surface area contributed by atoms with Crippen molar-refractivity contribution < 1.29 is 35.4 Å². The van der Waals surface area contributed by atoms with E-state index in [1.165, 1.54) is 0 Å². The van der Waals surface area contributed by atoms with Crippen molar-refractivity contribution in [1.29, 1.82) is 0 Å². The molecule has 0 aromatic heterocycles. The standard InChI is InChI=1S/C6H14N2O7/c7-4(12)1(9)2(10)6(8,15)3(11)5(13)14/h1-4,9-12,15H,7-8H2,(H,13,14). The monoisotopic (exact) mass is 226 g/mol. The summed E-state index contributed by atoms with van der Waals surface area (Å²) in [4.78, 5) is 10.3. The number of carboxylic acids is 1. The zero-order valence-corrected chi connectivity index (χ0v) is 7.56. The molecule has 5 unspecified atom stereocenters. The number of rotatable bonds is 5. The second-order valence-electron chi connectivity index (χ2n) is 3.05. The van der Waals surface area contributed by atoms with Crippen LogP contribution < -0.4 is 11.5 Å². The van der Waals surface area contributed by atoms with Gasteiger partial charge in [0, 0.05) is 0 Å². The number of aliphatic hydroxyl groups is 5. The lowest BCUT2D eigenvalue weighted by Gasteiger charge is -2.34. The summed E-state index contributed by atoms with van der Waals surface area (Å²) in [6, 6.07) is 0. The highest BCUT2D eigenvalue weighted by Crippen LogP contribution is 2.14. The summed E-state index contributed by atoms with van der Waals surface area (Å²) in [6.07, 6.45) is -8.92. The fourth-order valence-corrected chi connectivity index (χ4v) is 0.820. The molecule has 0 radical (unpaired) electrons. The summed E-state index contributed by atoms with van der Waals surface area (Å²) in [5.74, 6) is -1.90. The maximum Gasteiger partial charge on any atom is 0.337 e. The normalized spacial score (nSPS) is 23.7. The molecular formula is C6H14N2O7. The average Bonchev–Trinajstić information content (AvgIpc) is 2.13. The van der Waals surface area contributed by atoms with E-state index in [1.807, 2.05) is 0 Å². The van der Waals surface area contributed by atoms with Gasteiger partial charge in [-0.15, -0.1) is 0 Å². The summed E-state index contributed by atoms with van der Waals surface area (Å²) in [6.45, 7) is 0. The molecule has 0 aliphatic heterocycles.